The summed E-state index contributed by atoms with van der Waals surface area (Å²) in [6.45, 7) is 2.57. The van der Waals surface area contributed by atoms with E-state index in [1.54, 1.807) is 7.11 Å². The Hall–Kier alpha value is -0.580. The Morgan fingerprint density at radius 2 is 2.35 bits per heavy atom. The van der Waals surface area contributed by atoms with Gasteiger partial charge in [0, 0.05) is 17.9 Å². The number of rotatable bonds is 7. The Morgan fingerprint density at radius 3 is 2.88 bits per heavy atom. The number of halogens is 1. The Morgan fingerprint density at radius 1 is 1.59 bits per heavy atom. The van der Waals surface area contributed by atoms with Crippen molar-refractivity contribution in [3.8, 4) is 0 Å². The molecule has 5 heteroatoms. The fraction of sp³-hybridized carbons (Fsp3) is 0.583. The minimum absolute atomic E-state index is 0.0165. The van der Waals surface area contributed by atoms with Crippen molar-refractivity contribution >= 4 is 28.8 Å². The van der Waals surface area contributed by atoms with E-state index in [4.69, 9.17) is 16.3 Å². The van der Waals surface area contributed by atoms with Gasteiger partial charge in [0.05, 0.1) is 17.5 Å². The first-order valence-electron chi connectivity index (χ1n) is 5.65. The molecule has 1 aromatic rings. The molecule has 0 aliphatic carbocycles. The number of carbonyl (C=O) groups is 1. The van der Waals surface area contributed by atoms with E-state index >= 15 is 0 Å². The number of ether oxygens (including phenoxy) is 1. The van der Waals surface area contributed by atoms with Crippen molar-refractivity contribution in [2.45, 2.75) is 25.8 Å². The fourth-order valence-electron chi connectivity index (χ4n) is 1.48. The topological polar surface area (TPSA) is 38.3 Å². The van der Waals surface area contributed by atoms with Gasteiger partial charge in [-0.05, 0) is 25.0 Å². The first kappa shape index (κ1) is 14.5. The first-order chi connectivity index (χ1) is 8.21. The summed E-state index contributed by atoms with van der Waals surface area (Å²) in [5.74, 6) is 0.473. The molecular weight excluding hydrogens is 258 g/mol. The molecule has 1 unspecified atom stereocenters. The summed E-state index contributed by atoms with van der Waals surface area (Å²) >= 11 is 7.22. The van der Waals surface area contributed by atoms with Gasteiger partial charge in [0.15, 0.2) is 0 Å². The lowest BCUT2D eigenvalue weighted by atomic mass is 10.2. The summed E-state index contributed by atoms with van der Waals surface area (Å²) in [5.41, 5.74) is 0. The molecule has 0 spiro atoms. The normalized spacial score (nSPS) is 12.4. The molecule has 0 aliphatic heterocycles. The molecule has 0 saturated heterocycles. The fourth-order valence-corrected chi connectivity index (χ4v) is 2.59. The van der Waals surface area contributed by atoms with E-state index in [2.05, 4.69) is 12.2 Å². The second kappa shape index (κ2) is 7.69. The number of methoxy groups -OCH3 is 1. The molecule has 0 bridgehead atoms. The first-order valence-corrected chi connectivity index (χ1v) is 7.00. The number of aryl methyl sites for hydroxylation is 1. The van der Waals surface area contributed by atoms with Gasteiger partial charge in [-0.25, -0.2) is 0 Å². The van der Waals surface area contributed by atoms with E-state index in [0.29, 0.717) is 18.9 Å². The monoisotopic (exact) mass is 275 g/mol. The molecule has 0 fully saturated rings. The molecule has 1 aromatic heterocycles. The van der Waals surface area contributed by atoms with Gasteiger partial charge in [0.25, 0.3) is 5.91 Å². The molecule has 96 valence electrons. The van der Waals surface area contributed by atoms with Crippen molar-refractivity contribution in [2.24, 2.45) is 0 Å². The molecule has 0 radical (unpaired) electrons. The Labute approximate surface area is 111 Å². The van der Waals surface area contributed by atoms with E-state index < -0.39 is 0 Å². The highest BCUT2D eigenvalue weighted by atomic mass is 35.5. The Bertz CT molecular complexity index is 348. The molecule has 0 saturated carbocycles. The van der Waals surface area contributed by atoms with Crippen LogP contribution in [0.5, 0.6) is 0 Å². The molecular formula is C12H18ClNO2S. The number of carbonyl (C=O) groups excluding carboxylic acids is 1. The molecule has 17 heavy (non-hydrogen) atoms. The largest absolute Gasteiger partial charge is 0.383 e. The molecule has 1 N–H and O–H groups in total. The molecule has 1 amide bonds. The molecule has 1 atom stereocenters. The molecule has 1 heterocycles. The lowest BCUT2D eigenvalue weighted by Gasteiger charge is -2.15. The van der Waals surface area contributed by atoms with E-state index in [-0.39, 0.29) is 11.9 Å². The second-order valence-corrected chi connectivity index (χ2v) is 5.27. The summed E-state index contributed by atoms with van der Waals surface area (Å²) in [6, 6.07) is 3.84. The maximum atomic E-state index is 11.9. The average molecular weight is 276 g/mol. The summed E-state index contributed by atoms with van der Waals surface area (Å²) in [6.07, 6.45) is 1.67. The van der Waals surface area contributed by atoms with Crippen molar-refractivity contribution in [3.05, 3.63) is 21.9 Å². The van der Waals surface area contributed by atoms with Gasteiger partial charge < -0.3 is 10.1 Å². The summed E-state index contributed by atoms with van der Waals surface area (Å²) in [7, 11) is 1.62. The number of nitrogens with one attached hydrogen (secondary N) is 1. The minimum atomic E-state index is -0.0399. The quantitative estimate of drug-likeness (QED) is 0.777. The standard InChI is InChI=1S/C12H18ClNO2S/c1-3-10-4-5-11(17-10)12(15)14-9(6-7-13)8-16-2/h4-5,9H,3,6-8H2,1-2H3,(H,14,15). The maximum absolute atomic E-state index is 11.9. The summed E-state index contributed by atoms with van der Waals surface area (Å²) < 4.78 is 5.05. The second-order valence-electron chi connectivity index (χ2n) is 3.72. The zero-order valence-corrected chi connectivity index (χ0v) is 11.7. The zero-order chi connectivity index (χ0) is 12.7. The van der Waals surface area contributed by atoms with Gasteiger partial charge in [0.2, 0.25) is 0 Å². The maximum Gasteiger partial charge on any atom is 0.261 e. The van der Waals surface area contributed by atoms with E-state index in [1.165, 1.54) is 16.2 Å². The molecule has 0 aliphatic rings. The zero-order valence-electron chi connectivity index (χ0n) is 10.2. The number of thiophene rings is 1. The Balaban J connectivity index is 2.56. The highest BCUT2D eigenvalue weighted by Crippen LogP contribution is 2.17. The van der Waals surface area contributed by atoms with Crippen LogP contribution in [0.25, 0.3) is 0 Å². The smallest absolute Gasteiger partial charge is 0.261 e. The predicted octanol–water partition coefficient (Wildman–Crippen LogP) is 2.68. The van der Waals surface area contributed by atoms with Crippen LogP contribution in [0.4, 0.5) is 0 Å². The third-order valence-electron chi connectivity index (χ3n) is 2.39. The summed E-state index contributed by atoms with van der Waals surface area (Å²) in [4.78, 5) is 13.9. The highest BCUT2D eigenvalue weighted by molar-refractivity contribution is 7.14. The van der Waals surface area contributed by atoms with Gasteiger partial charge >= 0.3 is 0 Å². The van der Waals surface area contributed by atoms with Crippen molar-refractivity contribution in [1.82, 2.24) is 5.32 Å². The average Bonchev–Trinajstić information content (AvgIpc) is 2.78. The molecule has 0 aromatic carbocycles. The van der Waals surface area contributed by atoms with E-state index in [1.807, 2.05) is 12.1 Å². The molecule has 3 nitrogen and oxygen atoms in total. The van der Waals surface area contributed by atoms with E-state index in [9.17, 15) is 4.79 Å². The van der Waals surface area contributed by atoms with Crippen LogP contribution in [-0.2, 0) is 11.2 Å². The SMILES string of the molecule is CCc1ccc(C(=O)NC(CCCl)COC)s1. The highest BCUT2D eigenvalue weighted by Gasteiger charge is 2.14. The predicted molar refractivity (Wildman–Crippen MR) is 72.2 cm³/mol. The van der Waals surface area contributed by atoms with Crippen LogP contribution in [0.2, 0.25) is 0 Å². The van der Waals surface area contributed by atoms with Gasteiger partial charge in [-0.3, -0.25) is 4.79 Å². The number of amides is 1. The number of hydrogen-bond donors (Lipinski definition) is 1. The van der Waals surface area contributed by atoms with Crippen LogP contribution in [-0.4, -0.2) is 31.5 Å². The Kier molecular flexibility index (Phi) is 6.55. The van der Waals surface area contributed by atoms with Gasteiger partial charge in [-0.2, -0.15) is 0 Å². The minimum Gasteiger partial charge on any atom is -0.383 e. The third-order valence-corrected chi connectivity index (χ3v) is 3.84. The number of hydrogen-bond acceptors (Lipinski definition) is 3. The van der Waals surface area contributed by atoms with Crippen molar-refractivity contribution < 1.29 is 9.53 Å². The lowest BCUT2D eigenvalue weighted by molar-refractivity contribution is 0.0899. The van der Waals surface area contributed by atoms with Crippen molar-refractivity contribution in [3.63, 3.8) is 0 Å². The lowest BCUT2D eigenvalue weighted by Crippen LogP contribution is -2.38. The van der Waals surface area contributed by atoms with Crippen molar-refractivity contribution in [1.29, 1.82) is 0 Å². The van der Waals surface area contributed by atoms with Crippen LogP contribution < -0.4 is 5.32 Å². The van der Waals surface area contributed by atoms with Crippen LogP contribution in [0.1, 0.15) is 27.9 Å². The number of alkyl halides is 1. The van der Waals surface area contributed by atoms with Crippen LogP contribution in [0.3, 0.4) is 0 Å². The van der Waals surface area contributed by atoms with Crippen molar-refractivity contribution in [2.75, 3.05) is 19.6 Å². The van der Waals surface area contributed by atoms with Crippen LogP contribution in [0.15, 0.2) is 12.1 Å². The van der Waals surface area contributed by atoms with Crippen LogP contribution >= 0.6 is 22.9 Å². The van der Waals surface area contributed by atoms with Gasteiger partial charge in [-0.1, -0.05) is 6.92 Å². The van der Waals surface area contributed by atoms with Gasteiger partial charge in [0.1, 0.15) is 0 Å². The van der Waals surface area contributed by atoms with Gasteiger partial charge in [-0.15, -0.1) is 22.9 Å². The molecule has 1 rings (SSSR count). The van der Waals surface area contributed by atoms with E-state index in [0.717, 1.165) is 11.3 Å². The third kappa shape index (κ3) is 4.66. The summed E-state index contributed by atoms with van der Waals surface area (Å²) in [5, 5.41) is 2.93. The van der Waals surface area contributed by atoms with Crippen LogP contribution in [0, 0.1) is 0 Å².